The van der Waals surface area contributed by atoms with Crippen molar-refractivity contribution >= 4 is 11.8 Å². The smallest absolute Gasteiger partial charge is 0.343 e. The lowest BCUT2D eigenvalue weighted by Gasteiger charge is -2.01. The van der Waals surface area contributed by atoms with Crippen molar-refractivity contribution in [1.82, 2.24) is 20.1 Å². The van der Waals surface area contributed by atoms with E-state index in [1.165, 1.54) is 11.8 Å². The van der Waals surface area contributed by atoms with Crippen LogP contribution >= 0.6 is 11.8 Å². The Labute approximate surface area is 121 Å². The molecule has 2 aromatic heterocycles. The van der Waals surface area contributed by atoms with Gasteiger partial charge in [0.2, 0.25) is 0 Å². The van der Waals surface area contributed by atoms with E-state index in [9.17, 15) is 4.79 Å². The Morgan fingerprint density at radius 3 is 2.95 bits per heavy atom. The van der Waals surface area contributed by atoms with Crippen LogP contribution in [0.4, 0.5) is 0 Å². The zero-order valence-corrected chi connectivity index (χ0v) is 12.6. The summed E-state index contributed by atoms with van der Waals surface area (Å²) in [7, 11) is 0. The summed E-state index contributed by atoms with van der Waals surface area (Å²) in [6.07, 6.45) is 1.11. The molecule has 0 spiro atoms. The minimum Gasteiger partial charge on any atom is -0.464 e. The van der Waals surface area contributed by atoms with E-state index in [2.05, 4.69) is 22.4 Å². The first-order valence-electron chi connectivity index (χ1n) is 6.80. The third kappa shape index (κ3) is 3.77. The lowest BCUT2D eigenvalue weighted by atomic mass is 10.4. The van der Waals surface area contributed by atoms with E-state index in [0.29, 0.717) is 17.5 Å². The number of aromatic amines is 1. The van der Waals surface area contributed by atoms with E-state index in [1.54, 1.807) is 4.57 Å². The first kappa shape index (κ1) is 14.9. The van der Waals surface area contributed by atoms with Gasteiger partial charge in [0.25, 0.3) is 0 Å². The lowest BCUT2D eigenvalue weighted by Crippen LogP contribution is -2.16. The summed E-state index contributed by atoms with van der Waals surface area (Å²) < 4.78 is 7.33. The van der Waals surface area contributed by atoms with Gasteiger partial charge in [0.1, 0.15) is 11.5 Å². The summed E-state index contributed by atoms with van der Waals surface area (Å²) in [4.78, 5) is 11.4. The van der Waals surface area contributed by atoms with Crippen molar-refractivity contribution in [1.29, 1.82) is 0 Å². The average molecular weight is 296 g/mol. The van der Waals surface area contributed by atoms with Crippen molar-refractivity contribution in [2.45, 2.75) is 44.3 Å². The maximum absolute atomic E-state index is 11.4. The van der Waals surface area contributed by atoms with Crippen LogP contribution in [0.3, 0.4) is 0 Å². The van der Waals surface area contributed by atoms with Gasteiger partial charge in [0.15, 0.2) is 5.16 Å². The first-order valence-corrected chi connectivity index (χ1v) is 7.79. The molecule has 6 nitrogen and oxygen atoms in total. The molecule has 2 aromatic rings. The molecule has 0 aromatic carbocycles. The third-order valence-electron chi connectivity index (χ3n) is 2.83. The van der Waals surface area contributed by atoms with Crippen LogP contribution in [0.15, 0.2) is 26.5 Å². The Balaban J connectivity index is 1.89. The second-order valence-electron chi connectivity index (χ2n) is 4.39. The molecule has 0 aliphatic rings. The number of hydrogen-bond acceptors (Lipinski definition) is 5. The molecule has 20 heavy (non-hydrogen) atoms. The fourth-order valence-electron chi connectivity index (χ4n) is 1.81. The summed E-state index contributed by atoms with van der Waals surface area (Å²) in [6, 6.07) is 3.95. The van der Waals surface area contributed by atoms with Crippen molar-refractivity contribution in [3.8, 4) is 0 Å². The Kier molecular flexibility index (Phi) is 5.49. The molecule has 0 saturated carbocycles. The minimum atomic E-state index is -0.168. The Morgan fingerprint density at radius 1 is 1.40 bits per heavy atom. The predicted molar refractivity (Wildman–Crippen MR) is 78.8 cm³/mol. The average Bonchev–Trinajstić information content (AvgIpc) is 3.03. The molecule has 0 fully saturated rings. The van der Waals surface area contributed by atoms with E-state index < -0.39 is 0 Å². The standard InChI is InChI=1S/C13H20N4O2S/c1-3-7-14-8-10-5-6-11(19-10)9-20-13-16-15-12(18)17(13)4-2/h5-6,14H,3-4,7-9H2,1-2H3,(H,15,18). The molecular weight excluding hydrogens is 276 g/mol. The number of H-pyrrole nitrogens is 1. The molecule has 0 bridgehead atoms. The van der Waals surface area contributed by atoms with Gasteiger partial charge >= 0.3 is 5.69 Å². The predicted octanol–water partition coefficient (Wildman–Crippen LogP) is 1.98. The van der Waals surface area contributed by atoms with E-state index in [0.717, 1.165) is 31.0 Å². The Hall–Kier alpha value is -1.47. The quantitative estimate of drug-likeness (QED) is 0.575. The highest BCUT2D eigenvalue weighted by molar-refractivity contribution is 7.98. The molecule has 0 unspecified atom stereocenters. The van der Waals surface area contributed by atoms with Crippen LogP contribution in [0.25, 0.3) is 0 Å². The molecule has 0 aliphatic carbocycles. The van der Waals surface area contributed by atoms with Crippen molar-refractivity contribution < 1.29 is 4.42 Å². The zero-order chi connectivity index (χ0) is 14.4. The number of aromatic nitrogens is 3. The van der Waals surface area contributed by atoms with Crippen LogP contribution in [0.5, 0.6) is 0 Å². The fourth-order valence-corrected chi connectivity index (χ4v) is 2.72. The van der Waals surface area contributed by atoms with Crippen molar-refractivity contribution in [3.05, 3.63) is 34.1 Å². The van der Waals surface area contributed by atoms with Crippen LogP contribution in [0, 0.1) is 0 Å². The van der Waals surface area contributed by atoms with Crippen molar-refractivity contribution in [2.75, 3.05) is 6.54 Å². The minimum absolute atomic E-state index is 0.168. The SMILES string of the molecule is CCCNCc1ccc(CSc2n[nH]c(=O)n2CC)o1. The zero-order valence-electron chi connectivity index (χ0n) is 11.8. The molecule has 0 saturated heterocycles. The number of nitrogens with zero attached hydrogens (tertiary/aromatic N) is 2. The first-order chi connectivity index (χ1) is 9.74. The second-order valence-corrected chi connectivity index (χ2v) is 5.33. The van der Waals surface area contributed by atoms with Crippen LogP contribution in [0.2, 0.25) is 0 Å². The van der Waals surface area contributed by atoms with Gasteiger partial charge < -0.3 is 9.73 Å². The number of nitrogens with one attached hydrogen (secondary N) is 2. The molecular formula is C13H20N4O2S. The van der Waals surface area contributed by atoms with Gasteiger partial charge in [-0.15, -0.1) is 5.10 Å². The van der Waals surface area contributed by atoms with E-state index in [-0.39, 0.29) is 5.69 Å². The summed E-state index contributed by atoms with van der Waals surface area (Å²) >= 11 is 1.49. The normalized spacial score (nSPS) is 11.1. The Bertz CT molecular complexity index is 587. The van der Waals surface area contributed by atoms with Crippen LogP contribution in [-0.2, 0) is 18.8 Å². The van der Waals surface area contributed by atoms with Gasteiger partial charge in [-0.05, 0) is 32.0 Å². The molecule has 2 heterocycles. The number of furan rings is 1. The molecule has 2 N–H and O–H groups in total. The second kappa shape index (κ2) is 7.35. The van der Waals surface area contributed by atoms with E-state index in [4.69, 9.17) is 4.42 Å². The molecule has 0 amide bonds. The van der Waals surface area contributed by atoms with Crippen molar-refractivity contribution in [3.63, 3.8) is 0 Å². The van der Waals surface area contributed by atoms with Gasteiger partial charge in [-0.3, -0.25) is 4.57 Å². The summed E-state index contributed by atoms with van der Waals surface area (Å²) in [6.45, 7) is 6.41. The molecule has 0 atom stereocenters. The summed E-state index contributed by atoms with van der Waals surface area (Å²) in [5.41, 5.74) is -0.168. The molecule has 2 rings (SSSR count). The lowest BCUT2D eigenvalue weighted by molar-refractivity contribution is 0.459. The van der Waals surface area contributed by atoms with Crippen LogP contribution in [-0.4, -0.2) is 21.3 Å². The van der Waals surface area contributed by atoms with Gasteiger partial charge in [-0.1, -0.05) is 18.7 Å². The third-order valence-corrected chi connectivity index (χ3v) is 3.83. The molecule has 0 aliphatic heterocycles. The summed E-state index contributed by atoms with van der Waals surface area (Å²) in [5, 5.41) is 10.5. The highest BCUT2D eigenvalue weighted by atomic mass is 32.2. The molecule has 0 radical (unpaired) electrons. The van der Waals surface area contributed by atoms with Crippen LogP contribution in [0.1, 0.15) is 31.8 Å². The highest BCUT2D eigenvalue weighted by Gasteiger charge is 2.09. The highest BCUT2D eigenvalue weighted by Crippen LogP contribution is 2.21. The monoisotopic (exact) mass is 296 g/mol. The topological polar surface area (TPSA) is 75.8 Å². The van der Waals surface area contributed by atoms with Gasteiger partial charge in [0, 0.05) is 6.54 Å². The molecule has 110 valence electrons. The molecule has 7 heteroatoms. The van der Waals surface area contributed by atoms with Crippen LogP contribution < -0.4 is 11.0 Å². The van der Waals surface area contributed by atoms with E-state index >= 15 is 0 Å². The number of hydrogen-bond donors (Lipinski definition) is 2. The maximum atomic E-state index is 11.4. The van der Waals surface area contributed by atoms with Crippen molar-refractivity contribution in [2.24, 2.45) is 0 Å². The van der Waals surface area contributed by atoms with Gasteiger partial charge in [0.05, 0.1) is 12.3 Å². The number of thioether (sulfide) groups is 1. The number of rotatable bonds is 8. The van der Waals surface area contributed by atoms with Gasteiger partial charge in [-0.2, -0.15) is 0 Å². The maximum Gasteiger partial charge on any atom is 0.343 e. The fraction of sp³-hybridized carbons (Fsp3) is 0.538. The largest absolute Gasteiger partial charge is 0.464 e. The van der Waals surface area contributed by atoms with E-state index in [1.807, 2.05) is 19.1 Å². The Morgan fingerprint density at radius 2 is 2.20 bits per heavy atom. The van der Waals surface area contributed by atoms with Gasteiger partial charge in [-0.25, -0.2) is 9.89 Å². The summed E-state index contributed by atoms with van der Waals surface area (Å²) in [5.74, 6) is 2.49.